The molecule has 0 aromatic heterocycles. The molecule has 10 heteroatoms. The Labute approximate surface area is 131 Å². The number of aliphatic hydroxyl groups excluding tert-OH is 1. The van der Waals surface area contributed by atoms with E-state index in [0.29, 0.717) is 5.84 Å². The third-order valence-corrected chi connectivity index (χ3v) is 3.05. The van der Waals surface area contributed by atoms with E-state index in [2.05, 4.69) is 15.2 Å². The van der Waals surface area contributed by atoms with Crippen molar-refractivity contribution >= 4 is 13.7 Å². The molecule has 0 saturated heterocycles. The summed E-state index contributed by atoms with van der Waals surface area (Å²) in [5.41, 5.74) is 2.31. The normalized spacial score (nSPS) is 18.0. The largest absolute Gasteiger partial charge is 0.449 e. The fraction of sp³-hybridized carbons (Fsp3) is 0.462. The molecule has 1 aliphatic heterocycles. The molecule has 0 aliphatic carbocycles. The topological polar surface area (TPSA) is 104 Å². The standard InChI is InChI=1S/C13H15BF2N2O5/c14-13(20,21)23-8-4-9(15)12(10(16)5-8)7-3-11(17-6-7)18-22-2-1-19/h4-5,7,19-21H,1-3,6H2,(H,17,18)/t7-/m0/s1. The van der Waals surface area contributed by atoms with Gasteiger partial charge in [0.25, 0.3) is 5.87 Å². The molecule has 7 nitrogen and oxygen atoms in total. The predicted octanol–water partition coefficient (Wildman–Crippen LogP) is -0.493. The number of nitrogens with zero attached hydrogens (tertiary/aromatic N) is 1. The van der Waals surface area contributed by atoms with Crippen LogP contribution in [0.4, 0.5) is 8.78 Å². The molecule has 2 rings (SSSR count). The van der Waals surface area contributed by atoms with Crippen molar-refractivity contribution in [2.45, 2.75) is 18.2 Å². The molecule has 1 heterocycles. The van der Waals surface area contributed by atoms with Crippen molar-refractivity contribution in [2.24, 2.45) is 4.99 Å². The van der Waals surface area contributed by atoms with Gasteiger partial charge in [0.2, 0.25) is 7.85 Å². The molecular formula is C13H15BF2N2O5. The Balaban J connectivity index is 2.07. The zero-order valence-corrected chi connectivity index (χ0v) is 12.0. The summed E-state index contributed by atoms with van der Waals surface area (Å²) in [5, 5.41) is 26.3. The van der Waals surface area contributed by atoms with Gasteiger partial charge in [-0.25, -0.2) is 8.78 Å². The predicted molar refractivity (Wildman–Crippen MR) is 75.7 cm³/mol. The monoisotopic (exact) mass is 328 g/mol. The molecule has 1 aromatic rings. The first-order valence-corrected chi connectivity index (χ1v) is 6.73. The van der Waals surface area contributed by atoms with Crippen LogP contribution in [0.15, 0.2) is 17.1 Å². The highest BCUT2D eigenvalue weighted by Crippen LogP contribution is 2.32. The minimum atomic E-state index is -3.03. The van der Waals surface area contributed by atoms with Gasteiger partial charge in [-0.3, -0.25) is 15.3 Å². The van der Waals surface area contributed by atoms with Crippen LogP contribution in [0.5, 0.6) is 5.75 Å². The van der Waals surface area contributed by atoms with Crippen molar-refractivity contribution in [3.8, 4) is 5.75 Å². The number of aliphatic hydroxyl groups is 3. The number of aliphatic imine (C=N–C) groups is 1. The molecule has 0 unspecified atom stereocenters. The zero-order chi connectivity index (χ0) is 17.0. The van der Waals surface area contributed by atoms with Crippen LogP contribution in [0.1, 0.15) is 17.9 Å². The number of hydrogen-bond donors (Lipinski definition) is 4. The SMILES string of the molecule is [B]C(O)(O)Oc1cc(F)c([C@@H]2CN=C(NOCCO)C2)c(F)c1. The lowest BCUT2D eigenvalue weighted by Crippen LogP contribution is -2.35. The Morgan fingerprint density at radius 1 is 1.35 bits per heavy atom. The Hall–Kier alpha value is -1.75. The number of hydroxylamine groups is 1. The van der Waals surface area contributed by atoms with E-state index in [9.17, 15) is 8.78 Å². The fourth-order valence-corrected chi connectivity index (χ4v) is 2.21. The Morgan fingerprint density at radius 2 is 2.00 bits per heavy atom. The van der Waals surface area contributed by atoms with E-state index in [1.165, 1.54) is 0 Å². The quantitative estimate of drug-likeness (QED) is 0.243. The van der Waals surface area contributed by atoms with Crippen molar-refractivity contribution in [2.75, 3.05) is 19.8 Å². The number of hydrogen-bond acceptors (Lipinski definition) is 7. The summed E-state index contributed by atoms with van der Waals surface area (Å²) < 4.78 is 32.6. The number of halogens is 2. The molecule has 0 fully saturated rings. The third-order valence-electron chi connectivity index (χ3n) is 3.05. The minimum Gasteiger partial charge on any atom is -0.449 e. The van der Waals surface area contributed by atoms with Gasteiger partial charge in [-0.15, -0.1) is 0 Å². The van der Waals surface area contributed by atoms with Crippen LogP contribution in [0, 0.1) is 11.6 Å². The first-order chi connectivity index (χ1) is 10.8. The van der Waals surface area contributed by atoms with E-state index >= 15 is 0 Å². The van der Waals surface area contributed by atoms with Gasteiger partial charge in [0.05, 0.1) is 13.2 Å². The summed E-state index contributed by atoms with van der Waals surface area (Å²) in [5.74, 6) is -5.45. The summed E-state index contributed by atoms with van der Waals surface area (Å²) in [7, 11) is 4.79. The molecule has 0 bridgehead atoms. The molecule has 4 N–H and O–H groups in total. The molecule has 0 spiro atoms. The van der Waals surface area contributed by atoms with Crippen LogP contribution in [-0.4, -0.2) is 54.6 Å². The first kappa shape index (κ1) is 17.6. The van der Waals surface area contributed by atoms with Crippen LogP contribution in [-0.2, 0) is 4.84 Å². The van der Waals surface area contributed by atoms with Crippen molar-refractivity contribution < 1.29 is 33.7 Å². The van der Waals surface area contributed by atoms with Crippen molar-refractivity contribution in [1.29, 1.82) is 0 Å². The molecule has 1 aromatic carbocycles. The van der Waals surface area contributed by atoms with Crippen LogP contribution in [0.3, 0.4) is 0 Å². The Kier molecular flexibility index (Phi) is 5.53. The highest BCUT2D eigenvalue weighted by Gasteiger charge is 2.28. The third kappa shape index (κ3) is 4.86. The highest BCUT2D eigenvalue weighted by atomic mass is 19.1. The van der Waals surface area contributed by atoms with Gasteiger partial charge in [-0.1, -0.05) is 0 Å². The van der Waals surface area contributed by atoms with Crippen molar-refractivity contribution in [3.05, 3.63) is 29.3 Å². The second-order valence-electron chi connectivity index (χ2n) is 4.92. The lowest BCUT2D eigenvalue weighted by atomic mass is 9.96. The average Bonchev–Trinajstić information content (AvgIpc) is 2.84. The summed E-state index contributed by atoms with van der Waals surface area (Å²) in [6.45, 7) is 0.0358. The maximum Gasteiger partial charge on any atom is 0.259 e. The van der Waals surface area contributed by atoms with E-state index in [-0.39, 0.29) is 31.7 Å². The van der Waals surface area contributed by atoms with E-state index in [4.69, 9.17) is 28.0 Å². The average molecular weight is 328 g/mol. The molecule has 0 amide bonds. The Bertz CT molecular complexity index is 571. The van der Waals surface area contributed by atoms with Gasteiger partial charge in [-0.05, 0) is 0 Å². The van der Waals surface area contributed by atoms with Crippen LogP contribution in [0.2, 0.25) is 0 Å². The summed E-state index contributed by atoms with van der Waals surface area (Å²) in [6, 6.07) is 1.61. The number of nitrogens with one attached hydrogen (secondary N) is 1. The summed E-state index contributed by atoms with van der Waals surface area (Å²) in [6.07, 6.45) is 0.223. The van der Waals surface area contributed by atoms with Crippen LogP contribution >= 0.6 is 0 Å². The fourth-order valence-electron chi connectivity index (χ4n) is 2.21. The van der Waals surface area contributed by atoms with Crippen molar-refractivity contribution in [1.82, 2.24) is 5.48 Å². The Morgan fingerprint density at radius 3 is 2.57 bits per heavy atom. The molecule has 2 radical (unpaired) electrons. The zero-order valence-electron chi connectivity index (χ0n) is 12.0. The molecule has 23 heavy (non-hydrogen) atoms. The van der Waals surface area contributed by atoms with Gasteiger partial charge >= 0.3 is 0 Å². The second-order valence-corrected chi connectivity index (χ2v) is 4.92. The molecule has 0 saturated carbocycles. The van der Waals surface area contributed by atoms with Gasteiger partial charge in [0.1, 0.15) is 23.2 Å². The maximum atomic E-state index is 14.1. The smallest absolute Gasteiger partial charge is 0.259 e. The van der Waals surface area contributed by atoms with Crippen molar-refractivity contribution in [3.63, 3.8) is 0 Å². The number of benzene rings is 1. The second kappa shape index (κ2) is 7.22. The van der Waals surface area contributed by atoms with E-state index < -0.39 is 29.2 Å². The van der Waals surface area contributed by atoms with Gasteiger partial charge in [0.15, 0.2) is 0 Å². The lowest BCUT2D eigenvalue weighted by molar-refractivity contribution is -0.223. The summed E-state index contributed by atoms with van der Waals surface area (Å²) in [4.78, 5) is 8.94. The lowest BCUT2D eigenvalue weighted by Gasteiger charge is -2.20. The molecular weight excluding hydrogens is 313 g/mol. The van der Waals surface area contributed by atoms with Crippen LogP contribution < -0.4 is 10.2 Å². The van der Waals surface area contributed by atoms with Gasteiger partial charge < -0.3 is 20.1 Å². The number of amidine groups is 1. The van der Waals surface area contributed by atoms with Crippen LogP contribution in [0.25, 0.3) is 0 Å². The van der Waals surface area contributed by atoms with Gasteiger partial charge in [0, 0.05) is 36.6 Å². The van der Waals surface area contributed by atoms with E-state index in [1.54, 1.807) is 0 Å². The number of rotatable bonds is 6. The maximum absolute atomic E-state index is 14.1. The summed E-state index contributed by atoms with van der Waals surface area (Å²) >= 11 is 0. The number of ether oxygens (including phenoxy) is 1. The molecule has 124 valence electrons. The molecule has 1 aliphatic rings. The van der Waals surface area contributed by atoms with E-state index in [1.807, 2.05) is 0 Å². The highest BCUT2D eigenvalue weighted by molar-refractivity contribution is 6.12. The first-order valence-electron chi connectivity index (χ1n) is 6.73. The van der Waals surface area contributed by atoms with E-state index in [0.717, 1.165) is 12.1 Å². The minimum absolute atomic E-state index is 0.0571. The van der Waals surface area contributed by atoms with Gasteiger partial charge in [-0.2, -0.15) is 0 Å². The molecule has 1 atom stereocenters.